The molecule has 50 heavy (non-hydrogen) atoms. The molecule has 0 saturated carbocycles. The molecule has 1 aliphatic rings. The van der Waals surface area contributed by atoms with Crippen LogP contribution in [0.15, 0.2) is 0 Å². The number of hydrogen-bond acceptors (Lipinski definition) is 10. The number of rotatable bonds is 21. The average Bonchev–Trinajstić information content (AvgIpc) is 2.82. The summed E-state index contributed by atoms with van der Waals surface area (Å²) in [7, 11) is -15.0. The third-order valence-electron chi connectivity index (χ3n) is 6.74. The molecule has 1 heterocycles. The summed E-state index contributed by atoms with van der Waals surface area (Å²) in [5.74, 6) is 0. The minimum Gasteiger partial charge on any atom is -0.410 e. The molecular weight excluding hydrogens is 753 g/mol. The number of carbonyl (C=O) groups excluding carboxylic acids is 1. The molecule has 0 aliphatic carbocycles. The van der Waals surface area contributed by atoms with Crippen molar-refractivity contribution in [2.45, 2.75) is 200 Å². The van der Waals surface area contributed by atoms with Gasteiger partial charge in [0.15, 0.2) is 64.5 Å². The van der Waals surface area contributed by atoms with Crippen LogP contribution in [0.25, 0.3) is 0 Å². The van der Waals surface area contributed by atoms with E-state index in [2.05, 4.69) is 137 Å². The molecule has 0 aromatic rings. The lowest BCUT2D eigenvalue weighted by Gasteiger charge is -2.50. The van der Waals surface area contributed by atoms with Gasteiger partial charge in [-0.25, -0.2) is 0 Å². The van der Waals surface area contributed by atoms with E-state index in [0.717, 1.165) is 6.29 Å². The molecule has 1 saturated heterocycles. The summed E-state index contributed by atoms with van der Waals surface area (Å²) in [5.41, 5.74) is 0. The zero-order valence-electron chi connectivity index (χ0n) is 36.1. The largest absolute Gasteiger partial charge is 0.410 e. The topological polar surface area (TPSA) is 100 Å². The van der Waals surface area contributed by atoms with E-state index in [4.69, 9.17) is 40.5 Å². The lowest BCUT2D eigenvalue weighted by Crippen LogP contribution is -2.65. The first-order chi connectivity index (χ1) is 22.0. The molecule has 1 aliphatic heterocycles. The Morgan fingerprint density at radius 1 is 0.500 bits per heavy atom. The van der Waals surface area contributed by atoms with Gasteiger partial charge in [-0.3, -0.25) is 0 Å². The number of aldehydes is 1. The van der Waals surface area contributed by atoms with Gasteiger partial charge in [-0.05, 0) is 144 Å². The van der Waals surface area contributed by atoms with Gasteiger partial charge in [0.25, 0.3) is 0 Å². The Morgan fingerprint density at radius 3 is 1.26 bits per heavy atom. The Labute approximate surface area is 314 Å². The van der Waals surface area contributed by atoms with Crippen molar-refractivity contribution in [1.29, 1.82) is 0 Å². The standard InChI is InChI=1S/C33H78O10Si7/c1-25-28(39-46(8,9)10)31(42-49(17,18)19)32(43-50(20,21)22)33(36-25)35-24-27(38-45(5,6)7)30(41-48(14,15)16)29(40-47(11,12)13)26(23-34)37-44(2,3)4/h23,25-33H,24H2,1-22H3/t25-,26?,27?,28-,29?,30?,31+,32-,33?/m1/s1. The van der Waals surface area contributed by atoms with Gasteiger partial charge in [-0.1, -0.05) is 0 Å². The van der Waals surface area contributed by atoms with Gasteiger partial charge >= 0.3 is 0 Å². The fraction of sp³-hybridized carbons (Fsp3) is 0.970. The van der Waals surface area contributed by atoms with E-state index in [1.54, 1.807) is 0 Å². The van der Waals surface area contributed by atoms with Gasteiger partial charge in [0.05, 0.1) is 24.9 Å². The van der Waals surface area contributed by atoms with Crippen LogP contribution in [0.1, 0.15) is 6.92 Å². The summed E-state index contributed by atoms with van der Waals surface area (Å²) < 4.78 is 61.6. The SMILES string of the molecule is C[C@H]1OC(OCC(O[Si](C)(C)C)C(O[Si](C)(C)C)C(O[Si](C)(C)C)C(C=O)O[Si](C)(C)C)[C@H](O[Si](C)(C)C)[C@@H](O[Si](C)(C)C)[C@@H]1O[Si](C)(C)C. The molecule has 5 unspecified atom stereocenters. The minimum absolute atomic E-state index is 0.144. The van der Waals surface area contributed by atoms with Crippen LogP contribution in [0.5, 0.6) is 0 Å². The predicted molar refractivity (Wildman–Crippen MR) is 224 cm³/mol. The smallest absolute Gasteiger partial charge is 0.185 e. The van der Waals surface area contributed by atoms with Crippen molar-refractivity contribution >= 4 is 64.5 Å². The van der Waals surface area contributed by atoms with Gasteiger partial charge in [0, 0.05) is 0 Å². The number of ether oxygens (including phenoxy) is 2. The fourth-order valence-corrected chi connectivity index (χ4v) is 13.3. The highest BCUT2D eigenvalue weighted by Gasteiger charge is 2.52. The third kappa shape index (κ3) is 19.9. The van der Waals surface area contributed by atoms with Gasteiger partial charge in [-0.15, -0.1) is 0 Å². The van der Waals surface area contributed by atoms with Gasteiger partial charge < -0.3 is 45.3 Å². The molecule has 0 spiro atoms. The third-order valence-corrected chi connectivity index (χ3v) is 13.6. The first kappa shape index (κ1) is 48.8. The monoisotopic (exact) mass is 830 g/mol. The van der Waals surface area contributed by atoms with Gasteiger partial charge in [0.1, 0.15) is 36.8 Å². The van der Waals surface area contributed by atoms with Crippen molar-refractivity contribution in [3.05, 3.63) is 0 Å². The van der Waals surface area contributed by atoms with Crippen molar-refractivity contribution in [1.82, 2.24) is 0 Å². The number of carbonyl (C=O) groups is 1. The first-order valence-corrected chi connectivity index (χ1v) is 42.3. The summed E-state index contributed by atoms with van der Waals surface area (Å²) >= 11 is 0. The van der Waals surface area contributed by atoms with Crippen LogP contribution < -0.4 is 0 Å². The van der Waals surface area contributed by atoms with Crippen LogP contribution in [0.2, 0.25) is 137 Å². The molecule has 0 bridgehead atoms. The van der Waals surface area contributed by atoms with Crippen LogP contribution in [-0.2, 0) is 45.3 Å². The second-order valence-electron chi connectivity index (χ2n) is 20.6. The zero-order valence-corrected chi connectivity index (χ0v) is 43.1. The fourth-order valence-electron chi connectivity index (χ4n) is 5.67. The Bertz CT molecular complexity index is 1040. The van der Waals surface area contributed by atoms with Crippen molar-refractivity contribution in [3.8, 4) is 0 Å². The summed E-state index contributed by atoms with van der Waals surface area (Å²) in [6.45, 7) is 47.4. The molecule has 0 aromatic carbocycles. The second kappa shape index (κ2) is 18.2. The molecule has 0 aromatic heterocycles. The molecular formula is C33H78O10Si7. The Kier molecular flexibility index (Phi) is 17.8. The van der Waals surface area contributed by atoms with Crippen LogP contribution >= 0.6 is 0 Å². The van der Waals surface area contributed by atoms with Gasteiger partial charge in [-0.2, -0.15) is 0 Å². The molecule has 0 amide bonds. The normalized spacial score (nSPS) is 26.0. The summed E-state index contributed by atoms with van der Waals surface area (Å²) in [4.78, 5) is 12.9. The Hall–Kier alpha value is 0.828. The molecule has 298 valence electrons. The lowest BCUT2D eigenvalue weighted by atomic mass is 10.00. The Balaban J connectivity index is 3.84. The summed E-state index contributed by atoms with van der Waals surface area (Å²) in [5, 5.41) is 0. The highest BCUT2D eigenvalue weighted by molar-refractivity contribution is 6.72. The summed E-state index contributed by atoms with van der Waals surface area (Å²) in [6.07, 6.45) is -4.02. The average molecular weight is 832 g/mol. The summed E-state index contributed by atoms with van der Waals surface area (Å²) in [6, 6.07) is 0. The maximum atomic E-state index is 12.9. The van der Waals surface area contributed by atoms with E-state index in [9.17, 15) is 4.79 Å². The lowest BCUT2D eigenvalue weighted by molar-refractivity contribution is -0.289. The molecule has 0 N–H and O–H groups in total. The quantitative estimate of drug-likeness (QED) is 0.0828. The number of hydrogen-bond donors (Lipinski definition) is 0. The molecule has 17 heteroatoms. The molecule has 9 atom stereocenters. The van der Waals surface area contributed by atoms with E-state index >= 15 is 0 Å². The van der Waals surface area contributed by atoms with E-state index in [0.29, 0.717) is 0 Å². The van der Waals surface area contributed by atoms with Crippen molar-refractivity contribution in [2.24, 2.45) is 0 Å². The predicted octanol–water partition coefficient (Wildman–Crippen LogP) is 8.49. The van der Waals surface area contributed by atoms with E-state index < -0.39 is 95.0 Å². The van der Waals surface area contributed by atoms with Crippen molar-refractivity contribution in [2.75, 3.05) is 6.61 Å². The van der Waals surface area contributed by atoms with E-state index in [1.165, 1.54) is 0 Å². The van der Waals surface area contributed by atoms with E-state index in [1.807, 2.05) is 6.92 Å². The molecule has 10 nitrogen and oxygen atoms in total. The van der Waals surface area contributed by atoms with Crippen molar-refractivity contribution in [3.63, 3.8) is 0 Å². The van der Waals surface area contributed by atoms with Crippen molar-refractivity contribution < 1.29 is 45.3 Å². The van der Waals surface area contributed by atoms with Crippen LogP contribution in [-0.4, -0.2) is 126 Å². The minimum atomic E-state index is -2.23. The van der Waals surface area contributed by atoms with Crippen LogP contribution in [0.3, 0.4) is 0 Å². The van der Waals surface area contributed by atoms with Crippen LogP contribution in [0.4, 0.5) is 0 Å². The second-order valence-corrected chi connectivity index (χ2v) is 51.8. The highest BCUT2D eigenvalue weighted by Crippen LogP contribution is 2.35. The first-order valence-electron chi connectivity index (χ1n) is 18.5. The van der Waals surface area contributed by atoms with Gasteiger partial charge in [0.2, 0.25) is 0 Å². The molecule has 0 radical (unpaired) electrons. The maximum Gasteiger partial charge on any atom is 0.185 e. The molecule has 1 rings (SSSR count). The van der Waals surface area contributed by atoms with Crippen LogP contribution in [0, 0.1) is 0 Å². The maximum absolute atomic E-state index is 12.9. The highest BCUT2D eigenvalue weighted by atomic mass is 28.4. The molecule has 1 fully saturated rings. The zero-order chi connectivity index (χ0) is 39.5. The van der Waals surface area contributed by atoms with E-state index in [-0.39, 0.29) is 24.9 Å². The Morgan fingerprint density at radius 2 is 0.880 bits per heavy atom.